The van der Waals surface area contributed by atoms with Gasteiger partial charge in [-0.3, -0.25) is 4.99 Å². The number of anilines is 1. The molecule has 2 aromatic rings. The van der Waals surface area contributed by atoms with E-state index in [4.69, 9.17) is 0 Å². The Hall–Kier alpha value is -2.57. The number of aryl methyl sites for hydroxylation is 2. The molecule has 0 fully saturated rings. The van der Waals surface area contributed by atoms with Gasteiger partial charge in [0.2, 0.25) is 0 Å². The minimum absolute atomic E-state index is 0.778. The predicted molar refractivity (Wildman–Crippen MR) is 108 cm³/mol. The molecule has 0 spiro atoms. The SMILES string of the molecule is CCc1nncn1CCNC(=NC)NCCN(CC)c1cccc(C)c1. The van der Waals surface area contributed by atoms with Crippen LogP contribution in [0, 0.1) is 6.92 Å². The van der Waals surface area contributed by atoms with Gasteiger partial charge in [-0.15, -0.1) is 10.2 Å². The van der Waals surface area contributed by atoms with Crippen LogP contribution >= 0.6 is 0 Å². The molecule has 2 N–H and O–H groups in total. The second-order valence-electron chi connectivity index (χ2n) is 6.14. The monoisotopic (exact) mass is 357 g/mol. The number of rotatable bonds is 9. The zero-order chi connectivity index (χ0) is 18.8. The summed E-state index contributed by atoms with van der Waals surface area (Å²) in [7, 11) is 1.80. The van der Waals surface area contributed by atoms with Gasteiger partial charge in [-0.2, -0.15) is 0 Å². The summed E-state index contributed by atoms with van der Waals surface area (Å²) in [5.41, 5.74) is 2.55. The molecule has 0 atom stereocenters. The van der Waals surface area contributed by atoms with E-state index in [2.05, 4.69) is 80.3 Å². The van der Waals surface area contributed by atoms with Crippen LogP contribution in [0.3, 0.4) is 0 Å². The predicted octanol–water partition coefficient (Wildman–Crippen LogP) is 1.84. The Morgan fingerprint density at radius 3 is 2.73 bits per heavy atom. The molecule has 0 aliphatic carbocycles. The molecule has 0 aliphatic heterocycles. The molecule has 1 aromatic carbocycles. The van der Waals surface area contributed by atoms with E-state index in [0.29, 0.717) is 0 Å². The average Bonchev–Trinajstić information content (AvgIpc) is 3.11. The van der Waals surface area contributed by atoms with Crippen LogP contribution in [-0.4, -0.2) is 54.0 Å². The Morgan fingerprint density at radius 2 is 2.04 bits per heavy atom. The number of nitrogens with one attached hydrogen (secondary N) is 2. The molecule has 0 saturated carbocycles. The van der Waals surface area contributed by atoms with E-state index in [1.54, 1.807) is 13.4 Å². The average molecular weight is 358 g/mol. The van der Waals surface area contributed by atoms with Gasteiger partial charge in [0.15, 0.2) is 5.96 Å². The van der Waals surface area contributed by atoms with Crippen LogP contribution in [0.1, 0.15) is 25.2 Å². The van der Waals surface area contributed by atoms with Gasteiger partial charge >= 0.3 is 0 Å². The summed E-state index contributed by atoms with van der Waals surface area (Å²) in [5, 5.41) is 14.8. The summed E-state index contributed by atoms with van der Waals surface area (Å²) in [6.07, 6.45) is 2.66. The largest absolute Gasteiger partial charge is 0.370 e. The molecular formula is C19H31N7. The number of benzene rings is 1. The topological polar surface area (TPSA) is 70.4 Å². The summed E-state index contributed by atoms with van der Waals surface area (Å²) in [6, 6.07) is 8.62. The van der Waals surface area contributed by atoms with E-state index < -0.39 is 0 Å². The molecule has 2 rings (SSSR count). The second-order valence-corrected chi connectivity index (χ2v) is 6.14. The molecule has 0 amide bonds. The lowest BCUT2D eigenvalue weighted by Crippen LogP contribution is -2.42. The fourth-order valence-corrected chi connectivity index (χ4v) is 2.86. The van der Waals surface area contributed by atoms with Crippen molar-refractivity contribution >= 4 is 11.6 Å². The summed E-state index contributed by atoms with van der Waals surface area (Å²) < 4.78 is 2.07. The maximum absolute atomic E-state index is 4.29. The van der Waals surface area contributed by atoms with Crippen molar-refractivity contribution in [3.05, 3.63) is 42.0 Å². The van der Waals surface area contributed by atoms with Crippen molar-refractivity contribution in [2.75, 3.05) is 38.1 Å². The fraction of sp³-hybridized carbons (Fsp3) is 0.526. The second kappa shape index (κ2) is 10.4. The van der Waals surface area contributed by atoms with Crippen LogP contribution in [0.4, 0.5) is 5.69 Å². The van der Waals surface area contributed by atoms with Crippen molar-refractivity contribution in [1.29, 1.82) is 0 Å². The molecular weight excluding hydrogens is 326 g/mol. The number of nitrogens with zero attached hydrogens (tertiary/aromatic N) is 5. The third kappa shape index (κ3) is 5.75. The molecule has 26 heavy (non-hydrogen) atoms. The zero-order valence-electron chi connectivity index (χ0n) is 16.4. The Labute approximate surface area is 156 Å². The van der Waals surface area contributed by atoms with Gasteiger partial charge in [-0.1, -0.05) is 19.1 Å². The van der Waals surface area contributed by atoms with Crippen LogP contribution in [0.2, 0.25) is 0 Å². The van der Waals surface area contributed by atoms with Crippen molar-refractivity contribution < 1.29 is 0 Å². The Kier molecular flexibility index (Phi) is 7.92. The number of aromatic nitrogens is 3. The Morgan fingerprint density at radius 1 is 1.23 bits per heavy atom. The summed E-state index contributed by atoms with van der Waals surface area (Å²) >= 11 is 0. The number of aliphatic imine (C=N–C) groups is 1. The minimum Gasteiger partial charge on any atom is -0.370 e. The van der Waals surface area contributed by atoms with Gasteiger partial charge in [0.25, 0.3) is 0 Å². The maximum atomic E-state index is 4.29. The van der Waals surface area contributed by atoms with Crippen LogP contribution < -0.4 is 15.5 Å². The molecule has 142 valence electrons. The van der Waals surface area contributed by atoms with Crippen molar-refractivity contribution in [2.45, 2.75) is 33.7 Å². The zero-order valence-corrected chi connectivity index (χ0v) is 16.4. The highest BCUT2D eigenvalue weighted by Crippen LogP contribution is 2.14. The molecule has 1 heterocycles. The van der Waals surface area contributed by atoms with Crippen molar-refractivity contribution in [1.82, 2.24) is 25.4 Å². The standard InChI is InChI=1S/C19H31N7/c1-5-18-24-23-15-26(18)13-11-22-19(20-4)21-10-12-25(6-2)17-9-7-8-16(3)14-17/h7-9,14-15H,5-6,10-13H2,1-4H3,(H2,20,21,22). The molecule has 1 aromatic heterocycles. The van der Waals surface area contributed by atoms with E-state index in [-0.39, 0.29) is 0 Å². The van der Waals surface area contributed by atoms with Gasteiger partial charge < -0.3 is 20.1 Å². The van der Waals surface area contributed by atoms with Crippen LogP contribution in [-0.2, 0) is 13.0 Å². The smallest absolute Gasteiger partial charge is 0.191 e. The minimum atomic E-state index is 0.778. The summed E-state index contributed by atoms with van der Waals surface area (Å²) in [5.74, 6) is 1.82. The van der Waals surface area contributed by atoms with Gasteiger partial charge in [0.1, 0.15) is 12.2 Å². The van der Waals surface area contributed by atoms with E-state index >= 15 is 0 Å². The highest BCUT2D eigenvalue weighted by molar-refractivity contribution is 5.79. The highest BCUT2D eigenvalue weighted by Gasteiger charge is 2.05. The molecule has 7 nitrogen and oxygen atoms in total. The van der Waals surface area contributed by atoms with Gasteiger partial charge in [-0.25, -0.2) is 0 Å². The Bertz CT molecular complexity index is 693. The number of hydrogen-bond acceptors (Lipinski definition) is 4. The lowest BCUT2D eigenvalue weighted by atomic mass is 10.2. The van der Waals surface area contributed by atoms with Crippen LogP contribution in [0.25, 0.3) is 0 Å². The number of guanidine groups is 1. The van der Waals surface area contributed by atoms with Crippen molar-refractivity contribution in [3.63, 3.8) is 0 Å². The first-order valence-electron chi connectivity index (χ1n) is 9.30. The van der Waals surface area contributed by atoms with Gasteiger partial charge in [-0.05, 0) is 31.5 Å². The molecule has 7 heteroatoms. The third-order valence-electron chi connectivity index (χ3n) is 4.30. The lowest BCUT2D eigenvalue weighted by molar-refractivity contribution is 0.631. The molecule has 0 aliphatic rings. The molecule has 0 saturated heterocycles. The maximum Gasteiger partial charge on any atom is 0.191 e. The first-order valence-corrected chi connectivity index (χ1v) is 9.30. The van der Waals surface area contributed by atoms with E-state index in [9.17, 15) is 0 Å². The molecule has 0 unspecified atom stereocenters. The third-order valence-corrected chi connectivity index (χ3v) is 4.30. The van der Waals surface area contributed by atoms with E-state index in [1.165, 1.54) is 11.3 Å². The molecule has 0 bridgehead atoms. The van der Waals surface area contributed by atoms with Crippen LogP contribution in [0.15, 0.2) is 35.6 Å². The lowest BCUT2D eigenvalue weighted by Gasteiger charge is -2.24. The quantitative estimate of drug-likeness (QED) is 0.529. The fourth-order valence-electron chi connectivity index (χ4n) is 2.86. The van der Waals surface area contributed by atoms with Gasteiger partial charge in [0.05, 0.1) is 0 Å². The number of likely N-dealkylation sites (N-methyl/N-ethyl adjacent to an activating group) is 1. The van der Waals surface area contributed by atoms with E-state index in [1.807, 2.05) is 0 Å². The molecule has 0 radical (unpaired) electrons. The van der Waals surface area contributed by atoms with Gasteiger partial charge in [0, 0.05) is 51.9 Å². The van der Waals surface area contributed by atoms with Crippen molar-refractivity contribution in [3.8, 4) is 0 Å². The number of hydrogen-bond donors (Lipinski definition) is 2. The first kappa shape index (κ1) is 19.8. The van der Waals surface area contributed by atoms with Crippen molar-refractivity contribution in [2.24, 2.45) is 4.99 Å². The van der Waals surface area contributed by atoms with Crippen LogP contribution in [0.5, 0.6) is 0 Å². The first-order chi connectivity index (χ1) is 12.7. The highest BCUT2D eigenvalue weighted by atomic mass is 15.3. The summed E-state index contributed by atoms with van der Waals surface area (Å²) in [4.78, 5) is 6.65. The summed E-state index contributed by atoms with van der Waals surface area (Å²) in [6.45, 7) is 10.7. The van der Waals surface area contributed by atoms with E-state index in [0.717, 1.165) is 50.9 Å². The Balaban J connectivity index is 1.75. The normalized spacial score (nSPS) is 11.5.